The molecule has 0 bridgehead atoms. The van der Waals surface area contributed by atoms with Gasteiger partial charge in [0.05, 0.1) is 0 Å². The van der Waals surface area contributed by atoms with Gasteiger partial charge in [0, 0.05) is 0 Å². The molecule has 0 nitrogen and oxygen atoms in total. The Morgan fingerprint density at radius 1 is 0.295 bits per heavy atom. The van der Waals surface area contributed by atoms with Gasteiger partial charge in [-0.1, -0.05) is 166 Å². The van der Waals surface area contributed by atoms with Gasteiger partial charge in [0.25, 0.3) is 0 Å². The molecule has 0 aromatic carbocycles. The third kappa shape index (κ3) is 10.5. The van der Waals surface area contributed by atoms with Crippen LogP contribution >= 0.6 is 0 Å². The lowest BCUT2D eigenvalue weighted by molar-refractivity contribution is 0.00220. The van der Waals surface area contributed by atoms with Gasteiger partial charge in [0.2, 0.25) is 0 Å². The van der Waals surface area contributed by atoms with Crippen LogP contribution in [0.2, 0.25) is 0 Å². The van der Waals surface area contributed by atoms with E-state index < -0.39 is 0 Å². The van der Waals surface area contributed by atoms with Crippen molar-refractivity contribution in [2.45, 2.75) is 166 Å². The van der Waals surface area contributed by atoms with Gasteiger partial charge < -0.3 is 0 Å². The van der Waals surface area contributed by atoms with Gasteiger partial charge >= 0.3 is 0 Å². The second-order valence-electron chi connectivity index (χ2n) is 18.9. The molecule has 0 N–H and O–H groups in total. The highest BCUT2D eigenvalue weighted by Gasteiger charge is 2.43. The summed E-state index contributed by atoms with van der Waals surface area (Å²) in [6, 6.07) is 0. The average molecular weight is 619 g/mol. The number of rotatable bonds is 20. The smallest absolute Gasteiger partial charge is 0.0298 e. The molecule has 44 heavy (non-hydrogen) atoms. The first-order chi connectivity index (χ1) is 19.9. The second-order valence-corrected chi connectivity index (χ2v) is 18.9. The minimum atomic E-state index is 0.320. The molecule has 0 rings (SSSR count). The van der Waals surface area contributed by atoms with Gasteiger partial charge in [-0.25, -0.2) is 0 Å². The van der Waals surface area contributed by atoms with Crippen LogP contribution in [0, 0.1) is 118 Å². The van der Waals surface area contributed by atoms with Crippen LogP contribution in [0.4, 0.5) is 0 Å². The van der Waals surface area contributed by atoms with Gasteiger partial charge in [-0.3, -0.25) is 0 Å². The monoisotopic (exact) mass is 619 g/mol. The summed E-state index contributed by atoms with van der Waals surface area (Å²) in [6.07, 6.45) is 1.30. The van der Waals surface area contributed by atoms with Crippen LogP contribution in [0.1, 0.15) is 166 Å². The van der Waals surface area contributed by atoms with Crippen LogP contribution in [-0.2, 0) is 0 Å². The molecule has 0 aromatic rings. The minimum absolute atomic E-state index is 0.320. The normalized spacial score (nSPS) is 25.6. The summed E-state index contributed by atoms with van der Waals surface area (Å²) in [5.74, 6) is 14.2. The minimum Gasteiger partial charge on any atom is -0.0651 e. The van der Waals surface area contributed by atoms with E-state index in [0.717, 1.165) is 94.7 Å². The zero-order chi connectivity index (χ0) is 35.2. The van der Waals surface area contributed by atoms with Crippen LogP contribution in [0.15, 0.2) is 0 Å². The average Bonchev–Trinajstić information content (AvgIpc) is 3.01. The fourth-order valence-corrected chi connectivity index (χ4v) is 9.44. The third-order valence-corrected chi connectivity index (χ3v) is 17.3. The van der Waals surface area contributed by atoms with E-state index in [1.807, 2.05) is 0 Å². The van der Waals surface area contributed by atoms with Crippen LogP contribution in [0.5, 0.6) is 0 Å². The zero-order valence-electron chi connectivity index (χ0n) is 35.2. The molecule has 0 fully saturated rings. The van der Waals surface area contributed by atoms with Crippen molar-refractivity contribution in [3.63, 3.8) is 0 Å². The lowest BCUT2D eigenvalue weighted by Crippen LogP contribution is -2.42. The molecule has 0 amide bonds. The Morgan fingerprint density at radius 2 is 0.500 bits per heavy atom. The molecule has 0 aromatic heterocycles. The van der Waals surface area contributed by atoms with Crippen molar-refractivity contribution in [3.8, 4) is 0 Å². The highest BCUT2D eigenvalue weighted by atomic mass is 14.5. The summed E-state index contributed by atoms with van der Waals surface area (Å²) in [5, 5.41) is 0. The van der Waals surface area contributed by atoms with Crippen LogP contribution in [0.3, 0.4) is 0 Å². The van der Waals surface area contributed by atoms with Crippen molar-refractivity contribution < 1.29 is 0 Å². The standard InChI is InChI=1S/C44H90/c1-24-26(4)28(6)30(8)31(9)32(10)33(11)34(12)35(13)36(14)37(15)38(16)39(17)41(19)43(21)44(22,23)42(20)40(18)29(7)27(5)25(2)3/h25-43H,24H2,1-23H3. The summed E-state index contributed by atoms with van der Waals surface area (Å²) in [6.45, 7) is 58.3. The fourth-order valence-electron chi connectivity index (χ4n) is 9.44. The molecule has 0 heteroatoms. The third-order valence-electron chi connectivity index (χ3n) is 17.3. The van der Waals surface area contributed by atoms with E-state index in [2.05, 4.69) is 159 Å². The predicted molar refractivity (Wildman–Crippen MR) is 204 cm³/mol. The maximum absolute atomic E-state index is 2.59. The van der Waals surface area contributed by atoms with Crippen molar-refractivity contribution in [2.24, 2.45) is 118 Å². The van der Waals surface area contributed by atoms with Crippen LogP contribution < -0.4 is 0 Å². The van der Waals surface area contributed by atoms with Crippen molar-refractivity contribution >= 4 is 0 Å². The Balaban J connectivity index is 5.60. The van der Waals surface area contributed by atoms with Crippen LogP contribution in [0.25, 0.3) is 0 Å². The highest BCUT2D eigenvalue weighted by Crippen LogP contribution is 2.49. The fraction of sp³-hybridized carbons (Fsp3) is 1.00. The van der Waals surface area contributed by atoms with E-state index in [0.29, 0.717) is 23.2 Å². The van der Waals surface area contributed by atoms with Gasteiger partial charge in [-0.05, 0) is 118 Å². The summed E-state index contributed by atoms with van der Waals surface area (Å²) in [4.78, 5) is 0. The quantitative estimate of drug-likeness (QED) is 0.127. The van der Waals surface area contributed by atoms with Gasteiger partial charge in [-0.2, -0.15) is 0 Å². The molecule has 0 aliphatic heterocycles. The predicted octanol–water partition coefficient (Wildman–Crippen LogP) is 14.5. The second kappa shape index (κ2) is 18.5. The highest BCUT2D eigenvalue weighted by molar-refractivity contribution is 4.91. The SMILES string of the molecule is CCC(C)C(C)C(C)C(C)C(C)C(C)C(C)C(C)C(C)C(C)C(C)C(C)C(C)C(C)C(C)(C)C(C)C(C)C(C)C(C)C(C)C. The molecule has 0 aliphatic carbocycles. The van der Waals surface area contributed by atoms with Crippen molar-refractivity contribution in [2.75, 3.05) is 0 Å². The molecule has 0 heterocycles. The van der Waals surface area contributed by atoms with E-state index in [1.165, 1.54) is 6.42 Å². The molecule has 0 spiro atoms. The van der Waals surface area contributed by atoms with E-state index >= 15 is 0 Å². The first-order valence-corrected chi connectivity index (χ1v) is 19.9. The van der Waals surface area contributed by atoms with Crippen molar-refractivity contribution in [1.82, 2.24) is 0 Å². The topological polar surface area (TPSA) is 0 Å². The van der Waals surface area contributed by atoms with Gasteiger partial charge in [0.1, 0.15) is 0 Å². The van der Waals surface area contributed by atoms with Crippen molar-refractivity contribution in [1.29, 1.82) is 0 Å². The summed E-state index contributed by atoms with van der Waals surface area (Å²) in [5.41, 5.74) is 0.320. The molecular weight excluding hydrogens is 528 g/mol. The first-order valence-electron chi connectivity index (χ1n) is 19.9. The Hall–Kier alpha value is 0. The zero-order valence-corrected chi connectivity index (χ0v) is 35.2. The van der Waals surface area contributed by atoms with Gasteiger partial charge in [-0.15, -0.1) is 0 Å². The number of hydrogen-bond donors (Lipinski definition) is 0. The maximum Gasteiger partial charge on any atom is -0.0298 e. The molecular formula is C44H90. The molecule has 18 unspecified atom stereocenters. The maximum atomic E-state index is 2.59. The molecule has 266 valence electrons. The van der Waals surface area contributed by atoms with E-state index in [-0.39, 0.29) is 0 Å². The molecule has 18 atom stereocenters. The van der Waals surface area contributed by atoms with Crippen molar-refractivity contribution in [3.05, 3.63) is 0 Å². The lowest BCUT2D eigenvalue weighted by Gasteiger charge is -2.48. The summed E-state index contributed by atoms with van der Waals surface area (Å²) < 4.78 is 0. The Bertz CT molecular complexity index is 762. The number of hydrogen-bond acceptors (Lipinski definition) is 0. The molecule has 0 aliphatic rings. The largest absolute Gasteiger partial charge is 0.0651 e. The van der Waals surface area contributed by atoms with E-state index in [9.17, 15) is 0 Å². The lowest BCUT2D eigenvalue weighted by atomic mass is 9.57. The summed E-state index contributed by atoms with van der Waals surface area (Å²) in [7, 11) is 0. The molecule has 0 saturated heterocycles. The Kier molecular flexibility index (Phi) is 18.5. The Labute approximate surface area is 282 Å². The van der Waals surface area contributed by atoms with Gasteiger partial charge in [0.15, 0.2) is 0 Å². The summed E-state index contributed by atoms with van der Waals surface area (Å²) >= 11 is 0. The molecule has 0 saturated carbocycles. The first kappa shape index (κ1) is 44.0. The molecule has 0 radical (unpaired) electrons. The van der Waals surface area contributed by atoms with E-state index in [4.69, 9.17) is 0 Å². The van der Waals surface area contributed by atoms with Crippen LogP contribution in [-0.4, -0.2) is 0 Å². The Morgan fingerprint density at radius 3 is 0.727 bits per heavy atom. The van der Waals surface area contributed by atoms with E-state index in [1.54, 1.807) is 0 Å².